The van der Waals surface area contributed by atoms with Crippen LogP contribution in [0.4, 0.5) is 5.82 Å². The summed E-state index contributed by atoms with van der Waals surface area (Å²) in [6.45, 7) is 4.20. The van der Waals surface area contributed by atoms with Crippen molar-refractivity contribution in [1.82, 2.24) is 14.4 Å². The van der Waals surface area contributed by atoms with Gasteiger partial charge in [-0.15, -0.1) is 0 Å². The maximum atomic E-state index is 12.2. The van der Waals surface area contributed by atoms with Crippen LogP contribution in [0.15, 0.2) is 41.4 Å². The first kappa shape index (κ1) is 19.3. The lowest BCUT2D eigenvalue weighted by atomic mass is 9.86. The summed E-state index contributed by atoms with van der Waals surface area (Å²) in [7, 11) is 1.71. The summed E-state index contributed by atoms with van der Waals surface area (Å²) >= 11 is 0. The second-order valence-electron chi connectivity index (χ2n) is 8.27. The topological polar surface area (TPSA) is 92.3 Å². The third-order valence-electron chi connectivity index (χ3n) is 6.23. The molecule has 1 N–H and O–H groups in total. The van der Waals surface area contributed by atoms with E-state index in [9.17, 15) is 10.1 Å². The van der Waals surface area contributed by atoms with Crippen molar-refractivity contribution in [2.45, 2.75) is 39.5 Å². The standard InChI is InChI=1S/C24H23N5O2/c1-13-4-7-20(31-3)14(2)22(13)18-8-16-11-26-21(28-24(30)15-5-6-15)9-19(16)29-17(10-25)12-27-23(18)29/h8-9,11-12,15H,4-7H2,1-3H3,(H,26,28,30). The summed E-state index contributed by atoms with van der Waals surface area (Å²) in [6.07, 6.45) is 6.99. The van der Waals surface area contributed by atoms with Gasteiger partial charge in [-0.25, -0.2) is 9.97 Å². The zero-order valence-electron chi connectivity index (χ0n) is 17.8. The van der Waals surface area contributed by atoms with Gasteiger partial charge in [0.2, 0.25) is 5.91 Å². The quantitative estimate of drug-likeness (QED) is 0.675. The number of hydrogen-bond donors (Lipinski definition) is 1. The first-order chi connectivity index (χ1) is 15.0. The molecule has 1 fully saturated rings. The summed E-state index contributed by atoms with van der Waals surface area (Å²) in [4.78, 5) is 21.3. The first-order valence-corrected chi connectivity index (χ1v) is 10.5. The van der Waals surface area contributed by atoms with E-state index in [1.165, 1.54) is 5.57 Å². The molecule has 0 unspecified atom stereocenters. The fourth-order valence-corrected chi connectivity index (χ4v) is 4.43. The molecule has 3 aromatic heterocycles. The van der Waals surface area contributed by atoms with E-state index in [1.54, 1.807) is 19.5 Å². The minimum atomic E-state index is 0.00157. The maximum Gasteiger partial charge on any atom is 0.228 e. The van der Waals surface area contributed by atoms with E-state index in [-0.39, 0.29) is 11.8 Å². The molecular formula is C24H23N5O2. The number of amides is 1. The molecule has 0 aliphatic heterocycles. The Balaban J connectivity index is 1.74. The van der Waals surface area contributed by atoms with Gasteiger partial charge in [-0.1, -0.05) is 5.57 Å². The average Bonchev–Trinajstić information content (AvgIpc) is 3.53. The van der Waals surface area contributed by atoms with E-state index in [2.05, 4.69) is 41.3 Å². The van der Waals surface area contributed by atoms with Crippen LogP contribution in [-0.2, 0) is 9.53 Å². The molecule has 0 radical (unpaired) electrons. The van der Waals surface area contributed by atoms with Gasteiger partial charge in [0.15, 0.2) is 0 Å². The van der Waals surface area contributed by atoms with Crippen molar-refractivity contribution in [3.63, 3.8) is 0 Å². The zero-order valence-corrected chi connectivity index (χ0v) is 17.8. The van der Waals surface area contributed by atoms with Gasteiger partial charge in [0.25, 0.3) is 0 Å². The lowest BCUT2D eigenvalue weighted by molar-refractivity contribution is -0.117. The Hall–Kier alpha value is -3.66. The molecule has 7 nitrogen and oxygen atoms in total. The van der Waals surface area contributed by atoms with E-state index in [0.29, 0.717) is 17.2 Å². The van der Waals surface area contributed by atoms with Crippen molar-refractivity contribution in [2.75, 3.05) is 12.4 Å². The normalized spacial score (nSPS) is 16.7. The SMILES string of the molecule is COC1=C(C)C(c2cc3cnc(NC(=O)C4CC4)cc3n3c(C#N)cnc23)=C(C)CC1. The molecule has 3 heterocycles. The number of pyridine rings is 2. The van der Waals surface area contributed by atoms with Crippen molar-refractivity contribution in [3.05, 3.63) is 52.7 Å². The molecule has 0 bridgehead atoms. The summed E-state index contributed by atoms with van der Waals surface area (Å²) in [5, 5.41) is 13.5. The van der Waals surface area contributed by atoms with Crippen LogP contribution in [0.2, 0.25) is 0 Å². The number of nitrogens with zero attached hydrogens (tertiary/aromatic N) is 4. The molecule has 1 amide bonds. The highest BCUT2D eigenvalue weighted by Crippen LogP contribution is 2.40. The number of allylic oxidation sites excluding steroid dienone is 4. The van der Waals surface area contributed by atoms with E-state index in [4.69, 9.17) is 4.74 Å². The van der Waals surface area contributed by atoms with E-state index in [1.807, 2.05) is 10.5 Å². The molecule has 31 heavy (non-hydrogen) atoms. The number of nitriles is 1. The fourth-order valence-electron chi connectivity index (χ4n) is 4.43. The van der Waals surface area contributed by atoms with E-state index < -0.39 is 0 Å². The average molecular weight is 413 g/mol. The molecule has 156 valence electrons. The Morgan fingerprint density at radius 2 is 2.03 bits per heavy atom. The number of carbonyl (C=O) groups excluding carboxylic acids is 1. The van der Waals surface area contributed by atoms with Crippen LogP contribution in [0.5, 0.6) is 0 Å². The highest BCUT2D eigenvalue weighted by molar-refractivity contribution is 5.98. The van der Waals surface area contributed by atoms with Gasteiger partial charge < -0.3 is 10.1 Å². The molecule has 3 aromatic rings. The molecule has 0 aromatic carbocycles. The van der Waals surface area contributed by atoms with Crippen LogP contribution < -0.4 is 5.32 Å². The lowest BCUT2D eigenvalue weighted by Gasteiger charge is -2.23. The molecule has 0 saturated heterocycles. The fraction of sp³-hybridized carbons (Fsp3) is 0.333. The number of fused-ring (bicyclic) bond motifs is 3. The van der Waals surface area contributed by atoms with Crippen molar-refractivity contribution in [3.8, 4) is 6.07 Å². The summed E-state index contributed by atoms with van der Waals surface area (Å²) < 4.78 is 7.47. The third kappa shape index (κ3) is 3.15. The molecule has 5 rings (SSSR count). The number of methoxy groups -OCH3 is 1. The van der Waals surface area contributed by atoms with Crippen molar-refractivity contribution in [2.24, 2.45) is 5.92 Å². The smallest absolute Gasteiger partial charge is 0.228 e. The van der Waals surface area contributed by atoms with Crippen LogP contribution in [0.3, 0.4) is 0 Å². The molecule has 1 saturated carbocycles. The first-order valence-electron chi connectivity index (χ1n) is 10.5. The Kier molecular flexibility index (Phi) is 4.51. The Morgan fingerprint density at radius 1 is 1.23 bits per heavy atom. The molecule has 2 aliphatic carbocycles. The number of hydrogen-bond acceptors (Lipinski definition) is 5. The number of aromatic nitrogens is 3. The maximum absolute atomic E-state index is 12.2. The van der Waals surface area contributed by atoms with Gasteiger partial charge in [0.1, 0.15) is 23.2 Å². The van der Waals surface area contributed by atoms with E-state index in [0.717, 1.165) is 59.1 Å². The van der Waals surface area contributed by atoms with E-state index >= 15 is 0 Å². The van der Waals surface area contributed by atoms with Crippen molar-refractivity contribution >= 4 is 33.8 Å². The van der Waals surface area contributed by atoms with Crippen LogP contribution in [0.25, 0.3) is 22.1 Å². The number of nitrogens with one attached hydrogen (secondary N) is 1. The summed E-state index contributed by atoms with van der Waals surface area (Å²) in [5.74, 6) is 1.56. The highest BCUT2D eigenvalue weighted by atomic mass is 16.5. The number of carbonyl (C=O) groups is 1. The monoisotopic (exact) mass is 413 g/mol. The minimum absolute atomic E-state index is 0.00157. The van der Waals surface area contributed by atoms with Gasteiger partial charge in [0, 0.05) is 35.6 Å². The highest BCUT2D eigenvalue weighted by Gasteiger charge is 2.30. The van der Waals surface area contributed by atoms with Crippen LogP contribution in [0, 0.1) is 17.2 Å². The molecule has 0 atom stereocenters. The van der Waals surface area contributed by atoms with Crippen LogP contribution >= 0.6 is 0 Å². The molecule has 7 heteroatoms. The lowest BCUT2D eigenvalue weighted by Crippen LogP contribution is -2.14. The number of anilines is 1. The predicted octanol–water partition coefficient (Wildman–Crippen LogP) is 4.59. The second-order valence-corrected chi connectivity index (χ2v) is 8.27. The van der Waals surface area contributed by atoms with Gasteiger partial charge in [0.05, 0.1) is 24.6 Å². The zero-order chi connectivity index (χ0) is 21.7. The number of ether oxygens (including phenoxy) is 1. The Bertz CT molecular complexity index is 1350. The summed E-state index contributed by atoms with van der Waals surface area (Å²) in [5.41, 5.74) is 6.36. The Morgan fingerprint density at radius 3 is 2.74 bits per heavy atom. The van der Waals surface area contributed by atoms with Gasteiger partial charge >= 0.3 is 0 Å². The minimum Gasteiger partial charge on any atom is -0.501 e. The second kappa shape index (κ2) is 7.24. The van der Waals surface area contributed by atoms with Gasteiger partial charge in [-0.2, -0.15) is 5.26 Å². The van der Waals surface area contributed by atoms with Crippen LogP contribution in [-0.4, -0.2) is 27.4 Å². The molecule has 0 spiro atoms. The molecule has 2 aliphatic rings. The number of imidazole rings is 1. The number of rotatable bonds is 4. The van der Waals surface area contributed by atoms with Crippen molar-refractivity contribution < 1.29 is 9.53 Å². The van der Waals surface area contributed by atoms with Gasteiger partial charge in [-0.05, 0) is 50.3 Å². The van der Waals surface area contributed by atoms with Crippen molar-refractivity contribution in [1.29, 1.82) is 5.26 Å². The predicted molar refractivity (Wildman–Crippen MR) is 118 cm³/mol. The third-order valence-corrected chi connectivity index (χ3v) is 6.23. The largest absolute Gasteiger partial charge is 0.501 e. The molecular weight excluding hydrogens is 390 g/mol. The van der Waals surface area contributed by atoms with Crippen LogP contribution in [0.1, 0.15) is 50.8 Å². The van der Waals surface area contributed by atoms with Gasteiger partial charge in [-0.3, -0.25) is 9.20 Å². The summed E-state index contributed by atoms with van der Waals surface area (Å²) in [6, 6.07) is 6.13. The Labute approximate surface area is 180 Å².